The van der Waals surface area contributed by atoms with Crippen LogP contribution in [0.15, 0.2) is 34.5 Å². The van der Waals surface area contributed by atoms with Crippen molar-refractivity contribution in [3.8, 4) is 0 Å². The summed E-state index contributed by atoms with van der Waals surface area (Å²) in [6.45, 7) is 2.19. The van der Waals surface area contributed by atoms with Gasteiger partial charge in [0, 0.05) is 23.5 Å². The van der Waals surface area contributed by atoms with Gasteiger partial charge in [0.05, 0.1) is 17.1 Å². The van der Waals surface area contributed by atoms with Gasteiger partial charge in [-0.05, 0) is 45.3 Å². The first-order valence-electron chi connectivity index (χ1n) is 7.81. The van der Waals surface area contributed by atoms with Crippen LogP contribution in [0.25, 0.3) is 0 Å². The Hall–Kier alpha value is -1.52. The third-order valence-electron chi connectivity index (χ3n) is 3.43. The number of anilines is 1. The predicted octanol–water partition coefficient (Wildman–Crippen LogP) is 2.30. The van der Waals surface area contributed by atoms with Gasteiger partial charge in [0.1, 0.15) is 0 Å². The quantitative estimate of drug-likeness (QED) is 0.713. The first-order valence-corrected chi connectivity index (χ1v) is 10.5. The Bertz CT molecular complexity index is 851. The fourth-order valence-electron chi connectivity index (χ4n) is 2.08. The number of likely N-dealkylation sites (N-methyl/N-ethyl adjacent to an activating group) is 1. The molecule has 1 aromatic heterocycles. The van der Waals surface area contributed by atoms with Crippen LogP contribution in [-0.4, -0.2) is 62.2 Å². The van der Waals surface area contributed by atoms with E-state index in [0.717, 1.165) is 10.00 Å². The van der Waals surface area contributed by atoms with Crippen LogP contribution in [0.5, 0.6) is 0 Å². The molecule has 0 fully saturated rings. The lowest BCUT2D eigenvalue weighted by molar-refractivity contribution is -0.116. The summed E-state index contributed by atoms with van der Waals surface area (Å²) in [6.07, 6.45) is 0. The van der Waals surface area contributed by atoms with Gasteiger partial charge in [-0.25, -0.2) is 13.4 Å². The van der Waals surface area contributed by atoms with E-state index in [2.05, 4.69) is 10.3 Å². The number of thiazole rings is 1. The van der Waals surface area contributed by atoms with E-state index in [1.165, 1.54) is 35.6 Å². The highest BCUT2D eigenvalue weighted by Crippen LogP contribution is 2.19. The molecule has 2 aromatic rings. The second kappa shape index (κ2) is 8.92. The summed E-state index contributed by atoms with van der Waals surface area (Å²) in [6, 6.07) is 5.89. The summed E-state index contributed by atoms with van der Waals surface area (Å²) in [7, 11) is -0.148. The van der Waals surface area contributed by atoms with Gasteiger partial charge < -0.3 is 10.2 Å². The lowest BCUT2D eigenvalue weighted by Crippen LogP contribution is -2.41. The summed E-state index contributed by atoms with van der Waals surface area (Å²) in [5, 5.41) is 5.34. The Morgan fingerprint density at radius 1 is 1.23 bits per heavy atom. The molecule has 1 amide bonds. The highest BCUT2D eigenvalue weighted by atomic mass is 35.5. The highest BCUT2D eigenvalue weighted by Gasteiger charge is 2.26. The molecule has 0 bridgehead atoms. The highest BCUT2D eigenvalue weighted by molar-refractivity contribution is 7.89. The molecule has 0 radical (unpaired) electrons. The van der Waals surface area contributed by atoms with Crippen molar-refractivity contribution in [1.29, 1.82) is 0 Å². The number of hydrogen-bond donors (Lipinski definition) is 1. The summed E-state index contributed by atoms with van der Waals surface area (Å²) >= 11 is 7.13. The van der Waals surface area contributed by atoms with Crippen molar-refractivity contribution >= 4 is 44.0 Å². The molecule has 0 spiro atoms. The van der Waals surface area contributed by atoms with E-state index in [4.69, 9.17) is 11.6 Å². The minimum atomic E-state index is -3.83. The average Bonchev–Trinajstić information content (AvgIpc) is 2.96. The molecular formula is C16H21ClN4O3S2. The second-order valence-corrected chi connectivity index (χ2v) is 9.17. The van der Waals surface area contributed by atoms with Crippen molar-refractivity contribution in [3.63, 3.8) is 0 Å². The molecule has 142 valence electrons. The molecule has 1 N–H and O–H groups in total. The Morgan fingerprint density at radius 3 is 2.42 bits per heavy atom. The zero-order valence-corrected chi connectivity index (χ0v) is 17.2. The maximum atomic E-state index is 12.9. The Balaban J connectivity index is 2.18. The molecule has 0 atom stereocenters. The van der Waals surface area contributed by atoms with Gasteiger partial charge in [-0.2, -0.15) is 4.31 Å². The van der Waals surface area contributed by atoms with Crippen molar-refractivity contribution in [2.24, 2.45) is 0 Å². The van der Waals surface area contributed by atoms with Crippen molar-refractivity contribution in [2.45, 2.75) is 11.8 Å². The normalized spacial score (nSPS) is 11.9. The number of carbonyl (C=O) groups is 1. The molecule has 0 unspecified atom stereocenters. The topological polar surface area (TPSA) is 82.6 Å². The number of nitrogens with zero attached hydrogens (tertiary/aromatic N) is 3. The summed E-state index contributed by atoms with van der Waals surface area (Å²) in [5.41, 5.74) is 0.795. The summed E-state index contributed by atoms with van der Waals surface area (Å²) < 4.78 is 27.0. The van der Waals surface area contributed by atoms with Crippen LogP contribution in [0.2, 0.25) is 5.02 Å². The van der Waals surface area contributed by atoms with E-state index in [1.807, 2.05) is 31.3 Å². The fraction of sp³-hybridized carbons (Fsp3) is 0.375. The molecule has 26 heavy (non-hydrogen) atoms. The molecule has 0 aliphatic carbocycles. The number of amides is 1. The second-order valence-electron chi connectivity index (χ2n) is 5.94. The van der Waals surface area contributed by atoms with E-state index in [0.29, 0.717) is 16.7 Å². The number of halogens is 1. The monoisotopic (exact) mass is 416 g/mol. The van der Waals surface area contributed by atoms with Crippen molar-refractivity contribution in [1.82, 2.24) is 14.2 Å². The Morgan fingerprint density at radius 2 is 1.88 bits per heavy atom. The third-order valence-corrected chi connectivity index (χ3v) is 6.42. The third kappa shape index (κ3) is 5.75. The van der Waals surface area contributed by atoms with Crippen LogP contribution in [-0.2, 0) is 14.8 Å². The van der Waals surface area contributed by atoms with E-state index in [9.17, 15) is 13.2 Å². The number of benzene rings is 1. The van der Waals surface area contributed by atoms with Gasteiger partial charge in [-0.15, -0.1) is 11.3 Å². The van der Waals surface area contributed by atoms with Gasteiger partial charge in [-0.3, -0.25) is 4.79 Å². The number of nitrogens with one attached hydrogen (secondary N) is 1. The van der Waals surface area contributed by atoms with Crippen molar-refractivity contribution < 1.29 is 13.2 Å². The van der Waals surface area contributed by atoms with Crippen LogP contribution < -0.4 is 5.32 Å². The first-order chi connectivity index (χ1) is 12.2. The van der Waals surface area contributed by atoms with Crippen LogP contribution in [0.1, 0.15) is 5.69 Å². The maximum Gasteiger partial charge on any atom is 0.243 e. The fourth-order valence-corrected chi connectivity index (χ4v) is 4.30. The zero-order valence-electron chi connectivity index (χ0n) is 14.8. The van der Waals surface area contributed by atoms with Gasteiger partial charge in [0.2, 0.25) is 15.9 Å². The standard InChI is InChI=1S/C16H21ClN4O3S2/c1-12-11-25-16(18-12)19-15(22)10-21(9-8-20(2)3)26(23,24)14-6-4-13(17)5-7-14/h4-7,11H,8-10H2,1-3H3,(H,18,19,22). The SMILES string of the molecule is Cc1csc(NC(=O)CN(CCN(C)C)S(=O)(=O)c2ccc(Cl)cc2)n1. The van der Waals surface area contributed by atoms with E-state index >= 15 is 0 Å². The van der Waals surface area contributed by atoms with Gasteiger partial charge >= 0.3 is 0 Å². The van der Waals surface area contributed by atoms with E-state index in [1.54, 1.807) is 0 Å². The first kappa shape index (κ1) is 20.8. The molecule has 10 heteroatoms. The summed E-state index contributed by atoms with van der Waals surface area (Å²) in [5.74, 6) is -0.435. The minimum absolute atomic E-state index is 0.0959. The predicted molar refractivity (Wildman–Crippen MR) is 104 cm³/mol. The molecule has 0 saturated heterocycles. The Labute approximate surface area is 162 Å². The molecule has 0 aliphatic rings. The largest absolute Gasteiger partial charge is 0.308 e. The van der Waals surface area contributed by atoms with Gasteiger partial charge in [0.25, 0.3) is 0 Å². The minimum Gasteiger partial charge on any atom is -0.308 e. The van der Waals surface area contributed by atoms with Gasteiger partial charge in [0.15, 0.2) is 5.13 Å². The van der Waals surface area contributed by atoms with Gasteiger partial charge in [-0.1, -0.05) is 11.6 Å². The number of sulfonamides is 1. The zero-order chi connectivity index (χ0) is 19.3. The maximum absolute atomic E-state index is 12.9. The van der Waals surface area contributed by atoms with E-state index < -0.39 is 15.9 Å². The molecule has 2 rings (SSSR count). The molecule has 1 aromatic carbocycles. The van der Waals surface area contributed by atoms with Crippen LogP contribution in [0.3, 0.4) is 0 Å². The Kier molecular flexibility index (Phi) is 7.13. The smallest absolute Gasteiger partial charge is 0.243 e. The lowest BCUT2D eigenvalue weighted by atomic mass is 10.4. The number of rotatable bonds is 8. The number of aromatic nitrogens is 1. The number of carbonyl (C=O) groups excluding carboxylic acids is 1. The lowest BCUT2D eigenvalue weighted by Gasteiger charge is -2.23. The number of hydrogen-bond acceptors (Lipinski definition) is 6. The molecular weight excluding hydrogens is 396 g/mol. The molecule has 0 saturated carbocycles. The average molecular weight is 417 g/mol. The number of aryl methyl sites for hydroxylation is 1. The van der Waals surface area contributed by atoms with Crippen LogP contribution in [0.4, 0.5) is 5.13 Å². The van der Waals surface area contributed by atoms with Crippen molar-refractivity contribution in [3.05, 3.63) is 40.4 Å². The van der Waals surface area contributed by atoms with Crippen LogP contribution in [0, 0.1) is 6.92 Å². The molecule has 7 nitrogen and oxygen atoms in total. The van der Waals surface area contributed by atoms with Crippen molar-refractivity contribution in [2.75, 3.05) is 39.0 Å². The molecule has 1 heterocycles. The molecule has 0 aliphatic heterocycles. The summed E-state index contributed by atoms with van der Waals surface area (Å²) in [4.78, 5) is 18.4. The van der Waals surface area contributed by atoms with Crippen LogP contribution >= 0.6 is 22.9 Å². The van der Waals surface area contributed by atoms with E-state index in [-0.39, 0.29) is 18.0 Å².